The molecule has 8 nitrogen and oxygen atoms in total. The molecule has 0 aliphatic heterocycles. The molecule has 0 saturated carbocycles. The minimum atomic E-state index is -5.08. The number of rotatable bonds is 7. The van der Waals surface area contributed by atoms with Gasteiger partial charge >= 0.3 is 12.1 Å². The number of hydrogen-bond donors (Lipinski definition) is 3. The monoisotopic (exact) mass is 565 g/mol. The highest BCUT2D eigenvalue weighted by Crippen LogP contribution is 2.33. The summed E-state index contributed by atoms with van der Waals surface area (Å²) in [6.45, 7) is 5.65. The number of nitrogens with one attached hydrogen (secondary N) is 1. The van der Waals surface area contributed by atoms with Crippen LogP contribution in [0.5, 0.6) is 0 Å². The number of aromatic nitrogens is 1. The van der Waals surface area contributed by atoms with Crippen molar-refractivity contribution in [2.75, 3.05) is 0 Å². The van der Waals surface area contributed by atoms with Gasteiger partial charge in [-0.1, -0.05) is 42.2 Å². The van der Waals surface area contributed by atoms with Crippen LogP contribution < -0.4 is 11.1 Å². The molecule has 1 aliphatic carbocycles. The van der Waals surface area contributed by atoms with Crippen molar-refractivity contribution >= 4 is 40.7 Å². The molecule has 1 aromatic carbocycles. The number of nitrogens with zero attached hydrogens (tertiary/aromatic N) is 1. The molecule has 0 saturated heterocycles. The summed E-state index contributed by atoms with van der Waals surface area (Å²) < 4.78 is 43.6. The molecule has 1 amide bonds. The Kier molecular flexibility index (Phi) is 11.0. The van der Waals surface area contributed by atoms with Gasteiger partial charge in [0.15, 0.2) is 5.76 Å². The van der Waals surface area contributed by atoms with Crippen LogP contribution >= 0.6 is 23.2 Å². The maximum absolute atomic E-state index is 11.7. The second kappa shape index (κ2) is 13.3. The molecule has 0 bridgehead atoms. The van der Waals surface area contributed by atoms with Crippen LogP contribution in [0.2, 0.25) is 10.0 Å². The summed E-state index contributed by atoms with van der Waals surface area (Å²) in [6.07, 6.45) is -1.05. The van der Waals surface area contributed by atoms with E-state index in [1.807, 2.05) is 18.2 Å². The molecular formula is C24H28Cl2F3N3O5. The van der Waals surface area contributed by atoms with Gasteiger partial charge in [-0.3, -0.25) is 4.79 Å². The van der Waals surface area contributed by atoms with Crippen molar-refractivity contribution in [1.82, 2.24) is 10.5 Å². The summed E-state index contributed by atoms with van der Waals surface area (Å²) in [5, 5.41) is 15.2. The minimum absolute atomic E-state index is 0.0816. The third kappa shape index (κ3) is 8.74. The second-order valence-electron chi connectivity index (χ2n) is 8.33. The van der Waals surface area contributed by atoms with Crippen LogP contribution in [0.4, 0.5) is 13.2 Å². The molecule has 0 unspecified atom stereocenters. The number of benzene rings is 1. The van der Waals surface area contributed by atoms with Crippen LogP contribution in [0.3, 0.4) is 0 Å². The zero-order valence-electron chi connectivity index (χ0n) is 20.3. The van der Waals surface area contributed by atoms with Gasteiger partial charge in [-0.2, -0.15) is 13.2 Å². The molecular weight excluding hydrogens is 538 g/mol. The number of amides is 1. The number of hydrogen-bond acceptors (Lipinski definition) is 6. The van der Waals surface area contributed by atoms with E-state index in [1.54, 1.807) is 12.1 Å². The molecule has 1 heterocycles. The molecule has 0 radical (unpaired) electrons. The average Bonchev–Trinajstić information content (AvgIpc) is 3.31. The minimum Gasteiger partial charge on any atom is -0.475 e. The van der Waals surface area contributed by atoms with Crippen LogP contribution in [-0.2, 0) is 14.3 Å². The lowest BCUT2D eigenvalue weighted by atomic mass is 9.86. The van der Waals surface area contributed by atoms with Gasteiger partial charge in [0.05, 0.1) is 28.3 Å². The van der Waals surface area contributed by atoms with E-state index in [0.29, 0.717) is 27.9 Å². The smallest absolute Gasteiger partial charge is 0.475 e. The van der Waals surface area contributed by atoms with Gasteiger partial charge in [0.1, 0.15) is 5.69 Å². The van der Waals surface area contributed by atoms with Crippen molar-refractivity contribution < 1.29 is 37.1 Å². The zero-order valence-corrected chi connectivity index (χ0v) is 21.8. The number of alkyl halides is 3. The summed E-state index contributed by atoms with van der Waals surface area (Å²) in [6, 6.07) is 6.53. The Bertz CT molecular complexity index is 1120. The van der Waals surface area contributed by atoms with Gasteiger partial charge in [-0.15, -0.1) is 0 Å². The first-order chi connectivity index (χ1) is 17.3. The van der Waals surface area contributed by atoms with E-state index in [9.17, 15) is 18.0 Å². The lowest BCUT2D eigenvalue weighted by molar-refractivity contribution is -0.192. The van der Waals surface area contributed by atoms with Gasteiger partial charge in [-0.05, 0) is 49.1 Å². The number of carboxylic acid groups (broad SMARTS) is 1. The molecule has 204 valence electrons. The standard InChI is InChI=1S/C22H27Cl2N3O3.C2HF3O2/c1-4-15(5-2)29-21-10-14(9-18(25)22(21)26-12(3)28)19-11-20(30-27-19)13-6-7-16(23)17(24)8-13;3-2(4,5)1(6)7/h6-8,10-11,15,18,21-22H,4-5,9,25H2,1-3H3,(H,26,28);(H,6,7)/t18-,21+,22+;/m0./s1. The van der Waals surface area contributed by atoms with E-state index in [4.69, 9.17) is 48.1 Å². The maximum atomic E-state index is 11.7. The second-order valence-corrected chi connectivity index (χ2v) is 9.15. The van der Waals surface area contributed by atoms with Crippen LogP contribution in [0.1, 0.15) is 45.7 Å². The van der Waals surface area contributed by atoms with Crippen molar-refractivity contribution in [2.24, 2.45) is 5.73 Å². The quantitative estimate of drug-likeness (QED) is 0.405. The molecule has 2 aromatic rings. The lowest BCUT2D eigenvalue weighted by Crippen LogP contribution is -2.56. The van der Waals surface area contributed by atoms with Crippen molar-refractivity contribution in [3.05, 3.63) is 46.1 Å². The van der Waals surface area contributed by atoms with E-state index < -0.39 is 12.1 Å². The fraction of sp³-hybridized carbons (Fsp3) is 0.458. The number of ether oxygens (including phenoxy) is 1. The normalized spacial score (nSPS) is 19.6. The Morgan fingerprint density at radius 1 is 1.24 bits per heavy atom. The van der Waals surface area contributed by atoms with Crippen molar-refractivity contribution in [3.8, 4) is 11.3 Å². The van der Waals surface area contributed by atoms with Crippen LogP contribution in [0.15, 0.2) is 34.9 Å². The van der Waals surface area contributed by atoms with Crippen LogP contribution in [0.25, 0.3) is 16.9 Å². The molecule has 1 aliphatic rings. The number of aliphatic carboxylic acids is 1. The van der Waals surface area contributed by atoms with Crippen molar-refractivity contribution in [3.63, 3.8) is 0 Å². The first-order valence-corrected chi connectivity index (χ1v) is 12.1. The van der Waals surface area contributed by atoms with Crippen LogP contribution in [0, 0.1) is 0 Å². The Balaban J connectivity index is 0.000000604. The summed E-state index contributed by atoms with van der Waals surface area (Å²) in [7, 11) is 0. The summed E-state index contributed by atoms with van der Waals surface area (Å²) >= 11 is 12.1. The van der Waals surface area contributed by atoms with Gasteiger partial charge in [0, 0.05) is 24.6 Å². The van der Waals surface area contributed by atoms with Gasteiger partial charge < -0.3 is 25.4 Å². The first kappa shape index (κ1) is 30.6. The van der Waals surface area contributed by atoms with E-state index >= 15 is 0 Å². The van der Waals surface area contributed by atoms with E-state index in [-0.39, 0.29) is 30.2 Å². The Labute approximate surface area is 221 Å². The van der Waals surface area contributed by atoms with E-state index in [1.165, 1.54) is 6.92 Å². The molecule has 37 heavy (non-hydrogen) atoms. The Hall–Kier alpha value is -2.60. The number of carbonyl (C=O) groups is 2. The maximum Gasteiger partial charge on any atom is 0.490 e. The van der Waals surface area contributed by atoms with E-state index in [0.717, 1.165) is 24.0 Å². The lowest BCUT2D eigenvalue weighted by Gasteiger charge is -2.36. The Morgan fingerprint density at radius 2 is 1.86 bits per heavy atom. The van der Waals surface area contributed by atoms with Crippen molar-refractivity contribution in [2.45, 2.75) is 70.5 Å². The van der Waals surface area contributed by atoms with Gasteiger partial charge in [0.2, 0.25) is 5.91 Å². The third-order valence-electron chi connectivity index (χ3n) is 5.55. The first-order valence-electron chi connectivity index (χ1n) is 11.4. The predicted octanol–water partition coefficient (Wildman–Crippen LogP) is 5.47. The number of nitrogens with two attached hydrogens (primary N) is 1. The molecule has 0 spiro atoms. The molecule has 3 atom stereocenters. The number of carboxylic acids is 1. The van der Waals surface area contributed by atoms with Crippen molar-refractivity contribution in [1.29, 1.82) is 0 Å². The van der Waals surface area contributed by atoms with Gasteiger partial charge in [-0.25, -0.2) is 4.79 Å². The number of halogens is 5. The van der Waals surface area contributed by atoms with Crippen LogP contribution in [-0.4, -0.2) is 52.6 Å². The molecule has 1 aromatic heterocycles. The molecule has 4 N–H and O–H groups in total. The fourth-order valence-corrected chi connectivity index (χ4v) is 3.95. The summed E-state index contributed by atoms with van der Waals surface area (Å²) in [5.41, 5.74) is 8.83. The highest BCUT2D eigenvalue weighted by molar-refractivity contribution is 6.42. The summed E-state index contributed by atoms with van der Waals surface area (Å²) in [5.74, 6) is -2.30. The Morgan fingerprint density at radius 3 is 2.38 bits per heavy atom. The van der Waals surface area contributed by atoms with E-state index in [2.05, 4.69) is 24.3 Å². The molecule has 0 fully saturated rings. The number of carbonyl (C=O) groups excluding carboxylic acids is 1. The molecule has 3 rings (SSSR count). The largest absolute Gasteiger partial charge is 0.490 e. The third-order valence-corrected chi connectivity index (χ3v) is 6.29. The fourth-order valence-electron chi connectivity index (χ4n) is 3.65. The average molecular weight is 566 g/mol. The predicted molar refractivity (Wildman–Crippen MR) is 133 cm³/mol. The topological polar surface area (TPSA) is 128 Å². The zero-order chi connectivity index (χ0) is 27.9. The highest BCUT2D eigenvalue weighted by Gasteiger charge is 2.38. The summed E-state index contributed by atoms with van der Waals surface area (Å²) in [4.78, 5) is 20.6. The SMILES string of the molecule is CCC(CC)O[C@@H]1C=C(c2cc(-c3ccc(Cl)c(Cl)c3)on2)C[C@H](N)[C@H]1NC(C)=O.O=C(O)C(F)(F)F. The van der Waals surface area contributed by atoms with Gasteiger partial charge in [0.25, 0.3) is 0 Å². The molecule has 13 heteroatoms. The highest BCUT2D eigenvalue weighted by atomic mass is 35.5.